The zero-order valence-corrected chi connectivity index (χ0v) is 9.40. The number of anilines is 1. The Morgan fingerprint density at radius 1 is 1.33 bits per heavy atom. The first-order valence-corrected chi connectivity index (χ1v) is 5.14. The minimum Gasteiger partial charge on any atom is -0.397 e. The van der Waals surface area contributed by atoms with Gasteiger partial charge in [0.05, 0.1) is 11.4 Å². The largest absolute Gasteiger partial charge is 0.397 e. The second-order valence-corrected chi connectivity index (χ2v) is 3.99. The minimum absolute atomic E-state index is 0.573. The van der Waals surface area contributed by atoms with E-state index in [0.717, 1.165) is 10.2 Å². The highest BCUT2D eigenvalue weighted by molar-refractivity contribution is 9.10. The fourth-order valence-corrected chi connectivity index (χ4v) is 1.81. The van der Waals surface area contributed by atoms with E-state index in [2.05, 4.69) is 22.0 Å². The standard InChI is InChI=1S/C11H8BrN3/c12-8-3-4-11(10(14)6-8)15-5-1-2-9(15)7-13/h1-6H,14H2. The number of nitriles is 1. The van der Waals surface area contributed by atoms with Gasteiger partial charge in [-0.2, -0.15) is 5.26 Å². The van der Waals surface area contributed by atoms with Gasteiger partial charge in [0.25, 0.3) is 0 Å². The predicted octanol–water partition coefficient (Wildman–Crippen LogP) is 2.69. The van der Waals surface area contributed by atoms with E-state index in [0.29, 0.717) is 11.4 Å². The molecule has 0 spiro atoms. The number of nitrogen functional groups attached to an aromatic ring is 1. The smallest absolute Gasteiger partial charge is 0.124 e. The van der Waals surface area contributed by atoms with Gasteiger partial charge in [-0.3, -0.25) is 0 Å². The molecule has 0 aliphatic carbocycles. The van der Waals surface area contributed by atoms with E-state index < -0.39 is 0 Å². The molecule has 0 saturated heterocycles. The van der Waals surface area contributed by atoms with Crippen molar-refractivity contribution in [3.8, 4) is 11.8 Å². The fraction of sp³-hybridized carbons (Fsp3) is 0. The number of benzene rings is 1. The molecule has 0 bridgehead atoms. The average molecular weight is 262 g/mol. The number of hydrogen-bond donors (Lipinski definition) is 1. The number of halogens is 1. The monoisotopic (exact) mass is 261 g/mol. The number of nitrogens with two attached hydrogens (primary N) is 1. The lowest BCUT2D eigenvalue weighted by Gasteiger charge is -2.08. The van der Waals surface area contributed by atoms with Gasteiger partial charge in [0.1, 0.15) is 11.8 Å². The summed E-state index contributed by atoms with van der Waals surface area (Å²) in [6, 6.07) is 11.3. The molecule has 0 saturated carbocycles. The molecule has 0 radical (unpaired) electrons. The van der Waals surface area contributed by atoms with Gasteiger partial charge < -0.3 is 10.3 Å². The normalized spacial score (nSPS) is 9.87. The van der Waals surface area contributed by atoms with Crippen LogP contribution in [0, 0.1) is 11.3 Å². The van der Waals surface area contributed by atoms with Gasteiger partial charge in [0.15, 0.2) is 0 Å². The number of rotatable bonds is 1. The van der Waals surface area contributed by atoms with Gasteiger partial charge in [-0.25, -0.2) is 0 Å². The highest BCUT2D eigenvalue weighted by Gasteiger charge is 2.05. The lowest BCUT2D eigenvalue weighted by Crippen LogP contribution is -2.00. The first-order valence-electron chi connectivity index (χ1n) is 4.35. The zero-order valence-electron chi connectivity index (χ0n) is 7.81. The van der Waals surface area contributed by atoms with Crippen LogP contribution < -0.4 is 5.73 Å². The molecular weight excluding hydrogens is 254 g/mol. The molecular formula is C11H8BrN3. The maximum absolute atomic E-state index is 8.89. The quantitative estimate of drug-likeness (QED) is 0.803. The van der Waals surface area contributed by atoms with E-state index in [1.807, 2.05) is 30.5 Å². The van der Waals surface area contributed by atoms with Crippen molar-refractivity contribution in [2.24, 2.45) is 0 Å². The van der Waals surface area contributed by atoms with E-state index in [1.54, 1.807) is 10.6 Å². The molecule has 74 valence electrons. The van der Waals surface area contributed by atoms with E-state index in [4.69, 9.17) is 11.0 Å². The van der Waals surface area contributed by atoms with Gasteiger partial charge in [-0.15, -0.1) is 0 Å². The SMILES string of the molecule is N#Cc1cccn1-c1ccc(Br)cc1N. The van der Waals surface area contributed by atoms with Crippen molar-refractivity contribution in [3.05, 3.63) is 46.7 Å². The molecule has 0 aliphatic heterocycles. The van der Waals surface area contributed by atoms with E-state index in [1.165, 1.54) is 0 Å². The summed E-state index contributed by atoms with van der Waals surface area (Å²) in [7, 11) is 0. The second kappa shape index (κ2) is 3.79. The summed E-state index contributed by atoms with van der Waals surface area (Å²) >= 11 is 3.34. The molecule has 2 N–H and O–H groups in total. The third kappa shape index (κ3) is 1.74. The van der Waals surface area contributed by atoms with Gasteiger partial charge >= 0.3 is 0 Å². The predicted molar refractivity (Wildman–Crippen MR) is 62.6 cm³/mol. The Balaban J connectivity index is 2.60. The van der Waals surface area contributed by atoms with Crippen LogP contribution in [0.2, 0.25) is 0 Å². The van der Waals surface area contributed by atoms with Gasteiger partial charge in [-0.05, 0) is 30.3 Å². The highest BCUT2D eigenvalue weighted by atomic mass is 79.9. The summed E-state index contributed by atoms with van der Waals surface area (Å²) in [6.07, 6.45) is 1.82. The fourth-order valence-electron chi connectivity index (χ4n) is 1.43. The van der Waals surface area contributed by atoms with Gasteiger partial charge in [0, 0.05) is 10.7 Å². The maximum Gasteiger partial charge on any atom is 0.124 e. The summed E-state index contributed by atoms with van der Waals surface area (Å²) in [5.41, 5.74) is 7.90. The Labute approximate surface area is 95.9 Å². The lowest BCUT2D eigenvalue weighted by molar-refractivity contribution is 1.05. The lowest BCUT2D eigenvalue weighted by atomic mass is 10.2. The van der Waals surface area contributed by atoms with Crippen LogP contribution >= 0.6 is 15.9 Å². The van der Waals surface area contributed by atoms with Crippen LogP contribution in [0.3, 0.4) is 0 Å². The minimum atomic E-state index is 0.573. The number of aromatic nitrogens is 1. The molecule has 15 heavy (non-hydrogen) atoms. The number of hydrogen-bond acceptors (Lipinski definition) is 2. The second-order valence-electron chi connectivity index (χ2n) is 3.08. The Hall–Kier alpha value is -1.73. The topological polar surface area (TPSA) is 54.7 Å². The molecule has 1 aromatic heterocycles. The molecule has 3 nitrogen and oxygen atoms in total. The maximum atomic E-state index is 8.89. The van der Waals surface area contributed by atoms with Crippen molar-refractivity contribution in [1.82, 2.24) is 4.57 Å². The van der Waals surface area contributed by atoms with Crippen molar-refractivity contribution in [2.75, 3.05) is 5.73 Å². The van der Waals surface area contributed by atoms with Crippen molar-refractivity contribution < 1.29 is 0 Å². The molecule has 4 heteroatoms. The zero-order chi connectivity index (χ0) is 10.8. The van der Waals surface area contributed by atoms with E-state index in [-0.39, 0.29) is 0 Å². The van der Waals surface area contributed by atoms with E-state index >= 15 is 0 Å². The van der Waals surface area contributed by atoms with Crippen LogP contribution in [-0.2, 0) is 0 Å². The van der Waals surface area contributed by atoms with Crippen molar-refractivity contribution >= 4 is 21.6 Å². The number of nitrogens with zero attached hydrogens (tertiary/aromatic N) is 2. The van der Waals surface area contributed by atoms with Crippen molar-refractivity contribution in [1.29, 1.82) is 5.26 Å². The molecule has 0 unspecified atom stereocenters. The van der Waals surface area contributed by atoms with Gasteiger partial charge in [0.2, 0.25) is 0 Å². The molecule has 2 aromatic rings. The van der Waals surface area contributed by atoms with Crippen LogP contribution in [0.4, 0.5) is 5.69 Å². The molecule has 0 amide bonds. The Bertz CT molecular complexity index is 537. The summed E-state index contributed by atoms with van der Waals surface area (Å²) in [4.78, 5) is 0. The van der Waals surface area contributed by atoms with Crippen LogP contribution in [0.25, 0.3) is 5.69 Å². The molecule has 0 atom stereocenters. The third-order valence-electron chi connectivity index (χ3n) is 2.11. The molecule has 1 heterocycles. The van der Waals surface area contributed by atoms with Crippen molar-refractivity contribution in [3.63, 3.8) is 0 Å². The average Bonchev–Trinajstić information content (AvgIpc) is 2.65. The summed E-state index contributed by atoms with van der Waals surface area (Å²) in [5.74, 6) is 0. The summed E-state index contributed by atoms with van der Waals surface area (Å²) in [5, 5.41) is 8.89. The van der Waals surface area contributed by atoms with Crippen molar-refractivity contribution in [2.45, 2.75) is 0 Å². The Morgan fingerprint density at radius 3 is 2.80 bits per heavy atom. The third-order valence-corrected chi connectivity index (χ3v) is 2.61. The highest BCUT2D eigenvalue weighted by Crippen LogP contribution is 2.23. The first-order chi connectivity index (χ1) is 7.22. The Kier molecular flexibility index (Phi) is 2.48. The van der Waals surface area contributed by atoms with E-state index in [9.17, 15) is 0 Å². The van der Waals surface area contributed by atoms with Crippen LogP contribution in [-0.4, -0.2) is 4.57 Å². The molecule has 1 aromatic carbocycles. The molecule has 2 rings (SSSR count). The van der Waals surface area contributed by atoms with Crippen LogP contribution in [0.1, 0.15) is 5.69 Å². The van der Waals surface area contributed by atoms with Crippen LogP contribution in [0.15, 0.2) is 41.0 Å². The molecule has 0 fully saturated rings. The Morgan fingerprint density at radius 2 is 2.13 bits per heavy atom. The summed E-state index contributed by atoms with van der Waals surface area (Å²) < 4.78 is 2.69. The van der Waals surface area contributed by atoms with Crippen LogP contribution in [0.5, 0.6) is 0 Å². The first kappa shape index (κ1) is 9.81. The van der Waals surface area contributed by atoms with Gasteiger partial charge in [-0.1, -0.05) is 15.9 Å². The molecule has 0 aliphatic rings. The summed E-state index contributed by atoms with van der Waals surface area (Å²) in [6.45, 7) is 0.